The predicted molar refractivity (Wildman–Crippen MR) is 42.1 cm³/mol. The Hall–Kier alpha value is -0.0800. The normalized spacial score (nSPS) is 30.9. The minimum atomic E-state index is 0.396. The molecule has 60 valence electrons. The quantitative estimate of drug-likeness (QED) is 0.574. The number of likely N-dealkylation sites (N-methyl/N-ethyl adjacent to an activating group) is 1. The Bertz CT molecular complexity index is 105. The first-order valence-corrected chi connectivity index (χ1v) is 3.98. The van der Waals surface area contributed by atoms with E-state index in [4.69, 9.17) is 4.74 Å². The maximum absolute atomic E-state index is 5.26. The molecule has 0 aliphatic carbocycles. The number of nitrogens with zero attached hydrogens (tertiary/aromatic N) is 1. The van der Waals surface area contributed by atoms with E-state index in [0.717, 1.165) is 0 Å². The van der Waals surface area contributed by atoms with Gasteiger partial charge in [-0.25, -0.2) is 0 Å². The van der Waals surface area contributed by atoms with E-state index in [1.165, 1.54) is 19.4 Å². The van der Waals surface area contributed by atoms with Crippen molar-refractivity contribution >= 4 is 0 Å². The molecule has 0 aromatic heterocycles. The lowest BCUT2D eigenvalue weighted by Crippen LogP contribution is -2.35. The van der Waals surface area contributed by atoms with Crippen LogP contribution in [0.2, 0.25) is 0 Å². The molecule has 2 heteroatoms. The van der Waals surface area contributed by atoms with Crippen LogP contribution in [0.1, 0.15) is 19.8 Å². The summed E-state index contributed by atoms with van der Waals surface area (Å²) < 4.78 is 5.26. The molecule has 0 spiro atoms. The summed E-state index contributed by atoms with van der Waals surface area (Å²) >= 11 is 0. The monoisotopic (exact) mass is 143 g/mol. The van der Waals surface area contributed by atoms with E-state index in [1.807, 2.05) is 0 Å². The lowest BCUT2D eigenvalue weighted by molar-refractivity contribution is 0.0531. The summed E-state index contributed by atoms with van der Waals surface area (Å²) in [7, 11) is 3.96. The van der Waals surface area contributed by atoms with E-state index < -0.39 is 0 Å². The summed E-state index contributed by atoms with van der Waals surface area (Å²) in [5.74, 6) is 0. The van der Waals surface area contributed by atoms with Gasteiger partial charge in [0.05, 0.1) is 6.10 Å². The molecule has 2 nitrogen and oxygen atoms in total. The van der Waals surface area contributed by atoms with Gasteiger partial charge < -0.3 is 9.64 Å². The molecule has 10 heavy (non-hydrogen) atoms. The molecule has 1 fully saturated rings. The van der Waals surface area contributed by atoms with Crippen LogP contribution in [0.5, 0.6) is 0 Å². The van der Waals surface area contributed by atoms with Gasteiger partial charge in [-0.15, -0.1) is 0 Å². The maximum atomic E-state index is 5.26. The first-order chi connectivity index (χ1) is 4.75. The van der Waals surface area contributed by atoms with Crippen molar-refractivity contribution in [3.8, 4) is 0 Å². The number of hydrogen-bond acceptors (Lipinski definition) is 2. The summed E-state index contributed by atoms with van der Waals surface area (Å²) in [6, 6.07) is 0.657. The van der Waals surface area contributed by atoms with E-state index in [1.54, 1.807) is 7.11 Å². The first-order valence-electron chi connectivity index (χ1n) is 3.98. The molecular weight excluding hydrogens is 126 g/mol. The van der Waals surface area contributed by atoms with Crippen LogP contribution in [-0.2, 0) is 4.74 Å². The maximum Gasteiger partial charge on any atom is 0.0698 e. The molecule has 1 saturated heterocycles. The van der Waals surface area contributed by atoms with Gasteiger partial charge in [0.2, 0.25) is 0 Å². The molecule has 0 radical (unpaired) electrons. The van der Waals surface area contributed by atoms with Crippen LogP contribution in [0.15, 0.2) is 0 Å². The Morgan fingerprint density at radius 1 is 1.60 bits per heavy atom. The molecule has 1 heterocycles. The Labute approximate surface area is 63.2 Å². The summed E-state index contributed by atoms with van der Waals surface area (Å²) in [5, 5.41) is 0. The highest BCUT2D eigenvalue weighted by Gasteiger charge is 2.25. The fraction of sp³-hybridized carbons (Fsp3) is 1.00. The van der Waals surface area contributed by atoms with Gasteiger partial charge in [0, 0.05) is 13.2 Å². The lowest BCUT2D eigenvalue weighted by Gasteiger charge is -2.24. The smallest absolute Gasteiger partial charge is 0.0698 e. The van der Waals surface area contributed by atoms with Crippen molar-refractivity contribution in [1.82, 2.24) is 4.90 Å². The Morgan fingerprint density at radius 2 is 2.30 bits per heavy atom. The van der Waals surface area contributed by atoms with E-state index in [0.29, 0.717) is 12.1 Å². The molecule has 1 rings (SSSR count). The third-order valence-electron chi connectivity index (χ3n) is 2.49. The summed E-state index contributed by atoms with van der Waals surface area (Å²) in [6.07, 6.45) is 3.02. The van der Waals surface area contributed by atoms with Gasteiger partial charge in [0.1, 0.15) is 0 Å². The zero-order valence-corrected chi connectivity index (χ0v) is 7.13. The Morgan fingerprint density at radius 3 is 2.70 bits per heavy atom. The highest BCUT2D eigenvalue weighted by atomic mass is 16.5. The summed E-state index contributed by atoms with van der Waals surface area (Å²) in [6.45, 7) is 3.38. The van der Waals surface area contributed by atoms with Crippen LogP contribution in [0.4, 0.5) is 0 Å². The van der Waals surface area contributed by atoms with Crippen molar-refractivity contribution in [3.63, 3.8) is 0 Å². The molecule has 0 unspecified atom stereocenters. The molecule has 0 saturated carbocycles. The molecule has 0 aromatic rings. The van der Waals surface area contributed by atoms with Crippen molar-refractivity contribution in [1.29, 1.82) is 0 Å². The van der Waals surface area contributed by atoms with Crippen molar-refractivity contribution < 1.29 is 4.74 Å². The van der Waals surface area contributed by atoms with Gasteiger partial charge in [0.25, 0.3) is 0 Å². The topological polar surface area (TPSA) is 12.5 Å². The molecule has 0 bridgehead atoms. The highest BCUT2D eigenvalue weighted by Crippen LogP contribution is 2.18. The van der Waals surface area contributed by atoms with E-state index in [2.05, 4.69) is 18.9 Å². The zero-order valence-electron chi connectivity index (χ0n) is 7.13. The predicted octanol–water partition coefficient (Wildman–Crippen LogP) is 1.12. The van der Waals surface area contributed by atoms with Crippen molar-refractivity contribution in [2.75, 3.05) is 20.7 Å². The van der Waals surface area contributed by atoms with Crippen LogP contribution < -0.4 is 0 Å². The second kappa shape index (κ2) is 3.35. The summed E-state index contributed by atoms with van der Waals surface area (Å²) in [4.78, 5) is 2.38. The van der Waals surface area contributed by atoms with Crippen LogP contribution in [0.3, 0.4) is 0 Å². The molecular formula is C8H17NO. The minimum absolute atomic E-state index is 0.396. The lowest BCUT2D eigenvalue weighted by atomic mass is 10.1. The van der Waals surface area contributed by atoms with Crippen LogP contribution in [0, 0.1) is 0 Å². The number of ether oxygens (including phenoxy) is 1. The van der Waals surface area contributed by atoms with Gasteiger partial charge in [-0.3, -0.25) is 0 Å². The SMILES string of the molecule is CO[C@H](C)[C@H]1CCCN1C. The number of methoxy groups -OCH3 is 1. The van der Waals surface area contributed by atoms with Crippen LogP contribution >= 0.6 is 0 Å². The Balaban J connectivity index is 2.38. The van der Waals surface area contributed by atoms with E-state index in [9.17, 15) is 0 Å². The fourth-order valence-corrected chi connectivity index (χ4v) is 1.69. The third kappa shape index (κ3) is 1.50. The molecule has 1 aliphatic heterocycles. The number of likely N-dealkylation sites (tertiary alicyclic amines) is 1. The number of rotatable bonds is 2. The van der Waals surface area contributed by atoms with Gasteiger partial charge >= 0.3 is 0 Å². The molecule has 1 aliphatic rings. The molecule has 0 N–H and O–H groups in total. The second-order valence-corrected chi connectivity index (χ2v) is 3.13. The third-order valence-corrected chi connectivity index (χ3v) is 2.49. The van der Waals surface area contributed by atoms with Crippen molar-refractivity contribution in [2.24, 2.45) is 0 Å². The Kier molecular flexibility index (Phi) is 2.69. The average Bonchev–Trinajstić information content (AvgIpc) is 2.34. The van der Waals surface area contributed by atoms with Gasteiger partial charge in [-0.1, -0.05) is 0 Å². The van der Waals surface area contributed by atoms with Gasteiger partial charge in [-0.2, -0.15) is 0 Å². The van der Waals surface area contributed by atoms with Gasteiger partial charge in [0.15, 0.2) is 0 Å². The van der Waals surface area contributed by atoms with Crippen LogP contribution in [0.25, 0.3) is 0 Å². The average molecular weight is 143 g/mol. The molecule has 0 aromatic carbocycles. The highest BCUT2D eigenvalue weighted by molar-refractivity contribution is 4.80. The summed E-state index contributed by atoms with van der Waals surface area (Å²) in [5.41, 5.74) is 0. The largest absolute Gasteiger partial charge is 0.380 e. The zero-order chi connectivity index (χ0) is 7.56. The van der Waals surface area contributed by atoms with E-state index in [-0.39, 0.29) is 0 Å². The van der Waals surface area contributed by atoms with Crippen LogP contribution in [-0.4, -0.2) is 37.7 Å². The second-order valence-electron chi connectivity index (χ2n) is 3.13. The molecule has 0 amide bonds. The van der Waals surface area contributed by atoms with Crippen molar-refractivity contribution in [2.45, 2.75) is 31.9 Å². The molecule has 2 atom stereocenters. The minimum Gasteiger partial charge on any atom is -0.380 e. The standard InChI is InChI=1S/C8H17NO/c1-7(10-3)8-5-4-6-9(8)2/h7-8H,4-6H2,1-3H3/t7-,8-/m1/s1. The van der Waals surface area contributed by atoms with E-state index >= 15 is 0 Å². The fourth-order valence-electron chi connectivity index (χ4n) is 1.69. The van der Waals surface area contributed by atoms with Crippen molar-refractivity contribution in [3.05, 3.63) is 0 Å². The van der Waals surface area contributed by atoms with Gasteiger partial charge in [-0.05, 0) is 33.4 Å². The first kappa shape index (κ1) is 8.02. The number of hydrogen-bond donors (Lipinski definition) is 0.